The minimum Gasteiger partial charge on any atom is -0.507 e. The van der Waals surface area contributed by atoms with E-state index in [9.17, 15) is 134 Å². The number of nitro groups is 1. The minimum absolute atomic E-state index is 0.177. The van der Waals surface area contributed by atoms with Gasteiger partial charge < -0.3 is 26.4 Å². The first-order valence-corrected chi connectivity index (χ1v) is 35.0. The van der Waals surface area contributed by atoms with Crippen LogP contribution in [0.3, 0.4) is 0 Å². The lowest BCUT2D eigenvalue weighted by Gasteiger charge is -2.15. The summed E-state index contributed by atoms with van der Waals surface area (Å²) in [6.07, 6.45) is 0. The maximum absolute atomic E-state index is 13.2. The molecular formula is C44H31N11O30S8. The van der Waals surface area contributed by atoms with Crippen LogP contribution in [0.25, 0.3) is 32.3 Å². The van der Waals surface area contributed by atoms with Crippen LogP contribution >= 0.6 is 0 Å². The standard InChI is InChI=1S/C44H31N11O30S8/c1-16(56)46-26-13-28(34(90(74,75)76)14-27(26)49-51-29-9-19(86(62,63)64)6-17-7-20(87(65,66)67)10-31(57)37(17)29)50-53-40-35(91(77,78)79)11-22-21(42(40)58)3-5-25(44(22)93(83,84)85)48-52-30-15-32(88(68,69)70)23-12-36(92(80,81)82)41(43(59)38(23)39(30)45)54-47-24-4-2-18(55(60)61)8-33(24)89(71,72)73/h2-15,57-59H,45H2,1H3,(H,46,56)(H,62,63,64)(H,65,66,67)(H,68,69,70)(H,71,72,73)(H,74,75,76)(H,77,78,79)(H,80,81,82)(H,83,84,85). The van der Waals surface area contributed by atoms with Gasteiger partial charge in [-0.05, 0) is 72.1 Å². The second-order valence-electron chi connectivity index (χ2n) is 18.4. The zero-order chi connectivity index (χ0) is 69.6. The molecule has 0 aliphatic carbocycles. The predicted octanol–water partition coefficient (Wildman–Crippen LogP) is 7.35. The van der Waals surface area contributed by atoms with Gasteiger partial charge in [-0.3, -0.25) is 51.3 Å². The summed E-state index contributed by atoms with van der Waals surface area (Å²) in [4.78, 5) is 11.6. The van der Waals surface area contributed by atoms with Gasteiger partial charge in [0.1, 0.15) is 74.9 Å². The summed E-state index contributed by atoms with van der Waals surface area (Å²) in [7, 11) is -44.6. The average molecular weight is 1450 g/mol. The number of carbonyl (C=O) groups excluding carboxylic acids is 1. The lowest BCUT2D eigenvalue weighted by atomic mass is 10.0. The summed E-state index contributed by atoms with van der Waals surface area (Å²) in [5.41, 5.74) is -5.22. The van der Waals surface area contributed by atoms with E-state index in [1.165, 1.54) is 0 Å². The van der Waals surface area contributed by atoms with Crippen LogP contribution in [0, 0.1) is 10.1 Å². The number of nitro benzene ring substituents is 1. The normalized spacial score (nSPS) is 13.4. The first-order valence-electron chi connectivity index (χ1n) is 23.4. The van der Waals surface area contributed by atoms with Crippen LogP contribution in [0.15, 0.2) is 165 Å². The smallest absolute Gasteiger partial charge is 0.297 e. The maximum atomic E-state index is 13.2. The molecule has 8 aromatic carbocycles. The van der Waals surface area contributed by atoms with E-state index in [1.807, 2.05) is 0 Å². The number of nitrogens with zero attached hydrogens (tertiary/aromatic N) is 9. The molecule has 8 aromatic rings. The molecule has 0 radical (unpaired) electrons. The van der Waals surface area contributed by atoms with Gasteiger partial charge in [-0.25, -0.2) is 0 Å². The first-order chi connectivity index (χ1) is 42.5. The third-order valence-electron chi connectivity index (χ3n) is 12.3. The van der Waals surface area contributed by atoms with Crippen LogP contribution in [0.4, 0.5) is 62.6 Å². The van der Waals surface area contributed by atoms with Gasteiger partial charge in [-0.15, -0.1) is 40.9 Å². The van der Waals surface area contributed by atoms with E-state index in [4.69, 9.17) is 5.73 Å². The van der Waals surface area contributed by atoms with Crippen LogP contribution < -0.4 is 11.1 Å². The van der Waals surface area contributed by atoms with Gasteiger partial charge in [0.15, 0.2) is 11.5 Å². The Labute approximate surface area is 517 Å². The molecule has 49 heteroatoms. The number of fused-ring (bicyclic) bond motifs is 3. The molecule has 0 fully saturated rings. The first kappa shape index (κ1) is 69.2. The van der Waals surface area contributed by atoms with E-state index in [-0.39, 0.29) is 24.3 Å². The van der Waals surface area contributed by atoms with Crippen molar-refractivity contribution in [3.05, 3.63) is 95.0 Å². The summed E-state index contributed by atoms with van der Waals surface area (Å²) in [5, 5.41) is 70.5. The van der Waals surface area contributed by atoms with E-state index in [2.05, 4.69) is 46.2 Å². The van der Waals surface area contributed by atoms with E-state index >= 15 is 0 Å². The highest BCUT2D eigenvalue weighted by Crippen LogP contribution is 2.51. The molecule has 0 saturated carbocycles. The van der Waals surface area contributed by atoms with Gasteiger partial charge in [0.25, 0.3) is 86.6 Å². The number of nitrogens with two attached hydrogens (primary N) is 1. The molecule has 0 unspecified atom stereocenters. The summed E-state index contributed by atoms with van der Waals surface area (Å²) in [5.74, 6) is -5.15. The molecule has 41 nitrogen and oxygen atoms in total. The van der Waals surface area contributed by atoms with Gasteiger partial charge in [-0.2, -0.15) is 67.3 Å². The van der Waals surface area contributed by atoms with Crippen molar-refractivity contribution in [2.24, 2.45) is 40.9 Å². The summed E-state index contributed by atoms with van der Waals surface area (Å²) in [6, 6.07) is 6.54. The summed E-state index contributed by atoms with van der Waals surface area (Å²) >= 11 is 0. The van der Waals surface area contributed by atoms with E-state index in [0.29, 0.717) is 60.7 Å². The molecule has 0 saturated heterocycles. The van der Waals surface area contributed by atoms with Crippen LogP contribution in [0.1, 0.15) is 6.92 Å². The molecule has 1 amide bonds. The number of non-ortho nitro benzene ring substituents is 1. The van der Waals surface area contributed by atoms with Crippen molar-refractivity contribution in [3.8, 4) is 17.2 Å². The zero-order valence-corrected chi connectivity index (χ0v) is 51.2. The number of nitrogen functional groups attached to an aromatic ring is 1. The van der Waals surface area contributed by atoms with Gasteiger partial charge in [0.05, 0.1) is 42.5 Å². The third kappa shape index (κ3) is 14.3. The SMILES string of the molecule is CC(=O)Nc1cc(N=Nc2c(S(=O)(=O)O)cc3c(S(=O)(=O)O)c(N=Nc4cc(S(=O)(=O)O)c5cc(S(=O)(=O)O)c(N=Nc6ccc([N+](=O)[O-])cc6S(=O)(=O)O)c(O)c5c4N)ccc3c2O)c(S(=O)(=O)O)cc1N=Nc1cc(S(=O)(=O)O)cc2cc(S(=O)(=O)O)cc(O)c12. The molecular weight excluding hydrogens is 1420 g/mol. The van der Waals surface area contributed by atoms with E-state index < -0.39 is 243 Å². The number of amides is 1. The molecule has 0 spiro atoms. The molecule has 14 N–H and O–H groups in total. The van der Waals surface area contributed by atoms with Crippen molar-refractivity contribution < 1.29 is 129 Å². The molecule has 0 bridgehead atoms. The number of aromatic hydroxyl groups is 3. The Kier molecular flexibility index (Phi) is 17.7. The molecule has 0 aliphatic heterocycles. The fraction of sp³-hybridized carbons (Fsp3) is 0.0227. The van der Waals surface area contributed by atoms with E-state index in [1.54, 1.807) is 0 Å². The highest BCUT2D eigenvalue weighted by molar-refractivity contribution is 7.88. The fourth-order valence-corrected chi connectivity index (χ4v) is 13.6. The second kappa shape index (κ2) is 23.8. The lowest BCUT2D eigenvalue weighted by molar-refractivity contribution is -0.385. The fourth-order valence-electron chi connectivity index (χ4n) is 8.46. The van der Waals surface area contributed by atoms with Crippen LogP contribution in [0.2, 0.25) is 0 Å². The van der Waals surface area contributed by atoms with Gasteiger partial charge in [-0.1, -0.05) is 0 Å². The Hall–Kier alpha value is -9.71. The molecule has 0 heterocycles. The average Bonchev–Trinajstić information content (AvgIpc) is 0.748. The van der Waals surface area contributed by atoms with Crippen molar-refractivity contribution in [3.63, 3.8) is 0 Å². The maximum Gasteiger partial charge on any atom is 0.297 e. The molecule has 490 valence electrons. The number of anilines is 2. The van der Waals surface area contributed by atoms with Crippen molar-refractivity contribution in [2.75, 3.05) is 11.1 Å². The third-order valence-corrected chi connectivity index (χ3v) is 19.3. The van der Waals surface area contributed by atoms with Crippen LogP contribution in [0.5, 0.6) is 17.2 Å². The topological polar surface area (TPSA) is 693 Å². The van der Waals surface area contributed by atoms with Gasteiger partial charge >= 0.3 is 0 Å². The van der Waals surface area contributed by atoms with Gasteiger partial charge in [0, 0.05) is 41.3 Å². The summed E-state index contributed by atoms with van der Waals surface area (Å²) in [6.45, 7) is 0.860. The molecule has 8 rings (SSSR count). The number of phenolic OH excluding ortho intramolecular Hbond substituents is 3. The Bertz CT molecular complexity index is 5830. The van der Waals surface area contributed by atoms with Crippen LogP contribution in [-0.2, 0) is 85.7 Å². The number of hydrogen-bond acceptors (Lipinski definition) is 31. The Morgan fingerprint density at radius 3 is 1.40 bits per heavy atom. The van der Waals surface area contributed by atoms with Gasteiger partial charge in [0.2, 0.25) is 5.91 Å². The molecule has 0 aliphatic rings. The molecule has 93 heavy (non-hydrogen) atoms. The monoisotopic (exact) mass is 1450 g/mol. The zero-order valence-electron chi connectivity index (χ0n) is 44.6. The number of hydrogen-bond donors (Lipinski definition) is 13. The minimum atomic E-state index is -5.89. The number of carbonyl (C=O) groups is 1. The van der Waals surface area contributed by atoms with Crippen molar-refractivity contribution in [2.45, 2.75) is 46.1 Å². The quantitative estimate of drug-likeness (QED) is 0.0131. The van der Waals surface area contributed by atoms with Crippen LogP contribution in [-0.4, -0.2) is 130 Å². The second-order valence-corrected chi connectivity index (χ2v) is 29.5. The van der Waals surface area contributed by atoms with Crippen molar-refractivity contribution in [1.29, 1.82) is 0 Å². The van der Waals surface area contributed by atoms with E-state index in [0.717, 1.165) is 6.92 Å². The Morgan fingerprint density at radius 2 is 0.882 bits per heavy atom. The number of azo groups is 4. The van der Waals surface area contributed by atoms with Crippen molar-refractivity contribution >= 4 is 182 Å². The predicted molar refractivity (Wildman–Crippen MR) is 310 cm³/mol. The number of benzene rings is 8. The summed E-state index contributed by atoms with van der Waals surface area (Å²) < 4.78 is 283. The Balaban J connectivity index is 1.30. The number of phenols is 3. The Morgan fingerprint density at radius 1 is 0.430 bits per heavy atom. The molecule has 0 aromatic heterocycles. The highest BCUT2D eigenvalue weighted by Gasteiger charge is 2.32. The number of nitrogens with one attached hydrogen (secondary N) is 1. The highest BCUT2D eigenvalue weighted by atomic mass is 32.2. The number of rotatable bonds is 18. The largest absolute Gasteiger partial charge is 0.507 e. The van der Waals surface area contributed by atoms with Crippen molar-refractivity contribution in [1.82, 2.24) is 0 Å². The lowest BCUT2D eigenvalue weighted by Crippen LogP contribution is -2.07. The molecule has 0 atom stereocenters.